The number of rotatable bonds is 6. The van der Waals surface area contributed by atoms with E-state index in [0.29, 0.717) is 53.7 Å². The van der Waals surface area contributed by atoms with Crippen LogP contribution in [0.2, 0.25) is 5.02 Å². The standard InChI is InChI=1S/C24H22ClFN4O4/c1-15(31)16-6-7-22(19(26)12-16)29-8-10-30(11-9-29)23(32)14-34-24(33)21-13-20(27-28-21)17-4-2-3-5-18(17)25/h2-7,12-13H,8-11,14H2,1H3,(H,27,28). The van der Waals surface area contributed by atoms with Gasteiger partial charge in [-0.2, -0.15) is 5.10 Å². The first kappa shape index (κ1) is 23.4. The maximum Gasteiger partial charge on any atom is 0.356 e. The topological polar surface area (TPSA) is 95.6 Å². The van der Waals surface area contributed by atoms with E-state index in [0.717, 1.165) is 0 Å². The Balaban J connectivity index is 1.29. The van der Waals surface area contributed by atoms with Gasteiger partial charge in [0.1, 0.15) is 11.5 Å². The molecule has 34 heavy (non-hydrogen) atoms. The number of aromatic nitrogens is 2. The largest absolute Gasteiger partial charge is 0.451 e. The molecule has 1 aromatic heterocycles. The number of hydrogen-bond donors (Lipinski definition) is 1. The molecule has 0 saturated carbocycles. The van der Waals surface area contributed by atoms with Gasteiger partial charge >= 0.3 is 5.97 Å². The van der Waals surface area contributed by atoms with Crippen LogP contribution in [-0.2, 0) is 9.53 Å². The van der Waals surface area contributed by atoms with E-state index in [4.69, 9.17) is 16.3 Å². The predicted octanol–water partition coefficient (Wildman–Crippen LogP) is 3.58. The average molecular weight is 485 g/mol. The fraction of sp³-hybridized carbons (Fsp3) is 0.250. The Bertz CT molecular complexity index is 1240. The summed E-state index contributed by atoms with van der Waals surface area (Å²) < 4.78 is 19.6. The van der Waals surface area contributed by atoms with Crippen LogP contribution in [0.15, 0.2) is 48.5 Å². The molecule has 0 aliphatic carbocycles. The third-order valence-corrected chi connectivity index (χ3v) is 5.93. The summed E-state index contributed by atoms with van der Waals surface area (Å²) in [5.74, 6) is -1.72. The average Bonchev–Trinajstić information content (AvgIpc) is 3.33. The number of aromatic amines is 1. The van der Waals surface area contributed by atoms with Crippen molar-refractivity contribution in [3.05, 3.63) is 70.6 Å². The number of halogens is 2. The van der Waals surface area contributed by atoms with Crippen molar-refractivity contribution >= 4 is 34.9 Å². The van der Waals surface area contributed by atoms with E-state index in [9.17, 15) is 18.8 Å². The second kappa shape index (κ2) is 10.0. The zero-order valence-electron chi connectivity index (χ0n) is 18.4. The van der Waals surface area contributed by atoms with Crippen LogP contribution in [0.1, 0.15) is 27.8 Å². The number of hydrogen-bond acceptors (Lipinski definition) is 6. The van der Waals surface area contributed by atoms with Crippen LogP contribution in [0, 0.1) is 5.82 Å². The Morgan fingerprint density at radius 2 is 1.82 bits per heavy atom. The van der Waals surface area contributed by atoms with Gasteiger partial charge in [-0.15, -0.1) is 0 Å². The highest BCUT2D eigenvalue weighted by molar-refractivity contribution is 6.33. The molecular weight excluding hydrogens is 463 g/mol. The minimum Gasteiger partial charge on any atom is -0.451 e. The fourth-order valence-electron chi connectivity index (χ4n) is 3.71. The Morgan fingerprint density at radius 3 is 2.50 bits per heavy atom. The fourth-order valence-corrected chi connectivity index (χ4v) is 3.94. The van der Waals surface area contributed by atoms with Gasteiger partial charge in [0.2, 0.25) is 0 Å². The van der Waals surface area contributed by atoms with Crippen molar-refractivity contribution in [3.8, 4) is 11.3 Å². The Kier molecular flexibility index (Phi) is 6.93. The summed E-state index contributed by atoms with van der Waals surface area (Å²) in [6, 6.07) is 13.0. The number of ether oxygens (including phenoxy) is 1. The summed E-state index contributed by atoms with van der Waals surface area (Å²) in [5.41, 5.74) is 1.96. The Labute approximate surface area is 200 Å². The van der Waals surface area contributed by atoms with Crippen molar-refractivity contribution in [2.75, 3.05) is 37.7 Å². The number of piperazine rings is 1. The SMILES string of the molecule is CC(=O)c1ccc(N2CCN(C(=O)COC(=O)c3cc(-c4ccccc4Cl)n[nH]3)CC2)c(F)c1. The summed E-state index contributed by atoms with van der Waals surface area (Å²) >= 11 is 6.16. The number of carbonyl (C=O) groups is 3. The van der Waals surface area contributed by atoms with E-state index in [1.54, 1.807) is 35.2 Å². The van der Waals surface area contributed by atoms with Crippen LogP contribution in [0.25, 0.3) is 11.3 Å². The monoisotopic (exact) mass is 484 g/mol. The van der Waals surface area contributed by atoms with Gasteiger partial charge in [-0.05, 0) is 37.3 Å². The third-order valence-electron chi connectivity index (χ3n) is 5.60. The molecule has 4 rings (SSSR count). The van der Waals surface area contributed by atoms with Gasteiger partial charge in [0.05, 0.1) is 16.4 Å². The summed E-state index contributed by atoms with van der Waals surface area (Å²) in [7, 11) is 0. The van der Waals surface area contributed by atoms with E-state index in [1.807, 2.05) is 11.0 Å². The van der Waals surface area contributed by atoms with Crippen LogP contribution in [-0.4, -0.2) is 65.5 Å². The number of esters is 1. The van der Waals surface area contributed by atoms with Crippen LogP contribution in [0.3, 0.4) is 0 Å². The highest BCUT2D eigenvalue weighted by Crippen LogP contribution is 2.26. The van der Waals surface area contributed by atoms with E-state index in [-0.39, 0.29) is 17.4 Å². The van der Waals surface area contributed by atoms with E-state index in [2.05, 4.69) is 10.2 Å². The zero-order chi connectivity index (χ0) is 24.2. The molecule has 1 aliphatic heterocycles. The third kappa shape index (κ3) is 5.09. The number of nitrogens with zero attached hydrogens (tertiary/aromatic N) is 3. The normalized spacial score (nSPS) is 13.6. The first-order valence-corrected chi connectivity index (χ1v) is 11.0. The van der Waals surface area contributed by atoms with Crippen molar-refractivity contribution in [3.63, 3.8) is 0 Å². The smallest absolute Gasteiger partial charge is 0.356 e. The predicted molar refractivity (Wildman–Crippen MR) is 125 cm³/mol. The number of H-pyrrole nitrogens is 1. The molecule has 10 heteroatoms. The van der Waals surface area contributed by atoms with Gasteiger partial charge in [-0.25, -0.2) is 9.18 Å². The van der Waals surface area contributed by atoms with E-state index < -0.39 is 18.4 Å². The van der Waals surface area contributed by atoms with Gasteiger partial charge in [-0.1, -0.05) is 29.8 Å². The molecule has 176 valence electrons. The maximum atomic E-state index is 14.4. The molecule has 0 unspecified atom stereocenters. The molecule has 3 aromatic rings. The zero-order valence-corrected chi connectivity index (χ0v) is 19.1. The van der Waals surface area contributed by atoms with Gasteiger partial charge < -0.3 is 14.5 Å². The van der Waals surface area contributed by atoms with Crippen molar-refractivity contribution in [2.24, 2.45) is 0 Å². The highest BCUT2D eigenvalue weighted by Gasteiger charge is 2.24. The summed E-state index contributed by atoms with van der Waals surface area (Å²) in [5, 5.41) is 7.19. The van der Waals surface area contributed by atoms with Crippen LogP contribution in [0.4, 0.5) is 10.1 Å². The number of Topliss-reactive ketones (excluding diaryl/α,β-unsaturated/α-hetero) is 1. The van der Waals surface area contributed by atoms with Crippen molar-refractivity contribution in [1.29, 1.82) is 0 Å². The van der Waals surface area contributed by atoms with Crippen molar-refractivity contribution in [1.82, 2.24) is 15.1 Å². The molecule has 2 heterocycles. The summed E-state index contributed by atoms with van der Waals surface area (Å²) in [4.78, 5) is 39.6. The van der Waals surface area contributed by atoms with Crippen LogP contribution < -0.4 is 4.90 Å². The van der Waals surface area contributed by atoms with Gasteiger partial charge in [0.25, 0.3) is 5.91 Å². The number of anilines is 1. The molecule has 0 atom stereocenters. The van der Waals surface area contributed by atoms with E-state index >= 15 is 0 Å². The molecular formula is C24H22ClFN4O4. The molecule has 8 nitrogen and oxygen atoms in total. The summed E-state index contributed by atoms with van der Waals surface area (Å²) in [6.07, 6.45) is 0. The molecule has 1 saturated heterocycles. The van der Waals surface area contributed by atoms with Crippen molar-refractivity contribution in [2.45, 2.75) is 6.92 Å². The molecule has 0 radical (unpaired) electrons. The number of ketones is 1. The molecule has 0 bridgehead atoms. The molecule has 2 aromatic carbocycles. The highest BCUT2D eigenvalue weighted by atomic mass is 35.5. The van der Waals surface area contributed by atoms with Gasteiger partial charge in [0, 0.05) is 37.3 Å². The second-order valence-corrected chi connectivity index (χ2v) is 8.22. The first-order valence-electron chi connectivity index (χ1n) is 10.6. The summed E-state index contributed by atoms with van der Waals surface area (Å²) in [6.45, 7) is 2.50. The van der Waals surface area contributed by atoms with Crippen molar-refractivity contribution < 1.29 is 23.5 Å². The minimum atomic E-state index is -0.703. The lowest BCUT2D eigenvalue weighted by atomic mass is 10.1. The van der Waals surface area contributed by atoms with Gasteiger partial charge in [-0.3, -0.25) is 14.7 Å². The number of benzene rings is 2. The van der Waals surface area contributed by atoms with Crippen LogP contribution in [0.5, 0.6) is 0 Å². The molecule has 0 spiro atoms. The van der Waals surface area contributed by atoms with E-state index in [1.165, 1.54) is 19.1 Å². The number of carbonyl (C=O) groups excluding carboxylic acids is 3. The molecule has 1 fully saturated rings. The molecule has 1 N–H and O–H groups in total. The first-order chi connectivity index (χ1) is 16.3. The maximum absolute atomic E-state index is 14.4. The number of nitrogens with one attached hydrogen (secondary N) is 1. The Hall–Kier alpha value is -3.72. The number of amides is 1. The lowest BCUT2D eigenvalue weighted by molar-refractivity contribution is -0.134. The molecule has 1 aliphatic rings. The second-order valence-electron chi connectivity index (χ2n) is 7.81. The minimum absolute atomic E-state index is 0.108. The Morgan fingerprint density at radius 1 is 1.09 bits per heavy atom. The van der Waals surface area contributed by atoms with Gasteiger partial charge in [0.15, 0.2) is 12.4 Å². The lowest BCUT2D eigenvalue weighted by Crippen LogP contribution is -2.50. The van der Waals surface area contributed by atoms with Crippen LogP contribution >= 0.6 is 11.6 Å². The lowest BCUT2D eigenvalue weighted by Gasteiger charge is -2.36. The quantitative estimate of drug-likeness (QED) is 0.424. The molecule has 1 amide bonds.